The Morgan fingerprint density at radius 3 is 1.61 bits per heavy atom. The molecule has 0 heterocycles. The highest BCUT2D eigenvalue weighted by molar-refractivity contribution is 9.11. The van der Waals surface area contributed by atoms with Gasteiger partial charge in [-0.25, -0.2) is 0 Å². The van der Waals surface area contributed by atoms with Crippen LogP contribution in [0, 0.1) is 13.8 Å². The first-order valence-electron chi connectivity index (χ1n) is 5.49. The van der Waals surface area contributed by atoms with Gasteiger partial charge in [0.15, 0.2) is 0 Å². The van der Waals surface area contributed by atoms with Crippen LogP contribution >= 0.6 is 31.9 Å². The van der Waals surface area contributed by atoms with Crippen molar-refractivity contribution >= 4 is 43.2 Å². The molecule has 4 heteroatoms. The Morgan fingerprint density at radius 2 is 1.11 bits per heavy atom. The van der Waals surface area contributed by atoms with Gasteiger partial charge < -0.3 is 0 Å². The number of azo groups is 1. The third kappa shape index (κ3) is 3.75. The molecule has 0 fully saturated rings. The number of rotatable bonds is 2. The van der Waals surface area contributed by atoms with Crippen LogP contribution in [0.4, 0.5) is 11.4 Å². The lowest BCUT2D eigenvalue weighted by Crippen LogP contribution is -1.75. The van der Waals surface area contributed by atoms with Crippen LogP contribution in [-0.2, 0) is 0 Å². The third-order valence-electron chi connectivity index (χ3n) is 2.33. The van der Waals surface area contributed by atoms with Crippen LogP contribution in [0.1, 0.15) is 11.1 Å². The molecule has 2 aromatic carbocycles. The summed E-state index contributed by atoms with van der Waals surface area (Å²) in [7, 11) is 0. The summed E-state index contributed by atoms with van der Waals surface area (Å²) >= 11 is 6.86. The highest BCUT2D eigenvalue weighted by atomic mass is 79.9. The average molecular weight is 368 g/mol. The number of nitrogens with zero attached hydrogens (tertiary/aromatic N) is 2. The Kier molecular flexibility index (Phi) is 4.30. The van der Waals surface area contributed by atoms with E-state index in [1.807, 2.05) is 30.3 Å². The molecule has 0 aliphatic rings. The van der Waals surface area contributed by atoms with Crippen LogP contribution in [0.15, 0.2) is 55.6 Å². The van der Waals surface area contributed by atoms with E-state index in [0.29, 0.717) is 0 Å². The molecule has 0 saturated carbocycles. The topological polar surface area (TPSA) is 24.7 Å². The zero-order chi connectivity index (χ0) is 13.1. The van der Waals surface area contributed by atoms with Crippen molar-refractivity contribution in [3.63, 3.8) is 0 Å². The van der Waals surface area contributed by atoms with Gasteiger partial charge in [-0.15, -0.1) is 0 Å². The highest BCUT2D eigenvalue weighted by Gasteiger charge is 1.97. The summed E-state index contributed by atoms with van der Waals surface area (Å²) in [5.41, 5.74) is 4.08. The lowest BCUT2D eigenvalue weighted by molar-refractivity contribution is 1.21. The summed E-state index contributed by atoms with van der Waals surface area (Å²) in [6.07, 6.45) is 0. The van der Waals surface area contributed by atoms with Gasteiger partial charge in [-0.2, -0.15) is 10.2 Å². The van der Waals surface area contributed by atoms with Gasteiger partial charge in [0, 0.05) is 8.95 Å². The molecule has 0 aliphatic heterocycles. The Morgan fingerprint density at radius 1 is 0.667 bits per heavy atom. The van der Waals surface area contributed by atoms with Gasteiger partial charge in [0.25, 0.3) is 0 Å². The monoisotopic (exact) mass is 366 g/mol. The normalized spacial score (nSPS) is 11.1. The fourth-order valence-corrected chi connectivity index (χ4v) is 2.99. The minimum absolute atomic E-state index is 0.815. The second-order valence-electron chi connectivity index (χ2n) is 4.17. The summed E-state index contributed by atoms with van der Waals surface area (Å²) in [4.78, 5) is 0. The van der Waals surface area contributed by atoms with Crippen molar-refractivity contribution in [3.05, 3.63) is 56.5 Å². The van der Waals surface area contributed by atoms with Gasteiger partial charge in [0.05, 0.1) is 11.4 Å². The maximum absolute atomic E-state index is 4.26. The average Bonchev–Trinajstić information content (AvgIpc) is 2.23. The minimum Gasteiger partial charge on any atom is -0.151 e. The van der Waals surface area contributed by atoms with Crippen LogP contribution in [0.5, 0.6) is 0 Å². The van der Waals surface area contributed by atoms with Gasteiger partial charge in [-0.05, 0) is 55.3 Å². The number of hydrogen-bond acceptors (Lipinski definition) is 2. The second kappa shape index (κ2) is 5.76. The molecule has 0 N–H and O–H groups in total. The lowest BCUT2D eigenvalue weighted by atomic mass is 10.1. The third-order valence-corrected chi connectivity index (χ3v) is 3.25. The molecule has 0 spiro atoms. The summed E-state index contributed by atoms with van der Waals surface area (Å²) in [5.74, 6) is 0. The van der Waals surface area contributed by atoms with Crippen molar-refractivity contribution in [1.29, 1.82) is 0 Å². The standard InChI is InChI=1S/C14H12Br2N2/c1-9-3-10(2)5-13(4-9)17-18-14-7-11(15)6-12(16)8-14/h3-8H,1-2H3. The fourth-order valence-electron chi connectivity index (χ4n) is 1.72. The molecule has 2 aromatic rings. The van der Waals surface area contributed by atoms with Crippen LogP contribution in [0.25, 0.3) is 0 Å². The first-order chi connectivity index (χ1) is 8.52. The largest absolute Gasteiger partial charge is 0.151 e. The SMILES string of the molecule is Cc1cc(C)cc(N=Nc2cc(Br)cc(Br)c2)c1. The van der Waals surface area contributed by atoms with Crippen molar-refractivity contribution in [2.24, 2.45) is 10.2 Å². The quantitative estimate of drug-likeness (QED) is 0.561. The van der Waals surface area contributed by atoms with E-state index >= 15 is 0 Å². The zero-order valence-electron chi connectivity index (χ0n) is 10.1. The number of hydrogen-bond donors (Lipinski definition) is 0. The summed E-state index contributed by atoms with van der Waals surface area (Å²) in [6, 6.07) is 12.0. The molecule has 0 atom stereocenters. The second-order valence-corrected chi connectivity index (χ2v) is 6.00. The Balaban J connectivity index is 2.29. The predicted molar refractivity (Wildman–Crippen MR) is 81.9 cm³/mol. The van der Waals surface area contributed by atoms with E-state index in [0.717, 1.165) is 20.3 Å². The van der Waals surface area contributed by atoms with Gasteiger partial charge in [0.2, 0.25) is 0 Å². The summed E-state index contributed by atoms with van der Waals surface area (Å²) < 4.78 is 1.96. The van der Waals surface area contributed by atoms with E-state index in [1.54, 1.807) is 0 Å². The van der Waals surface area contributed by atoms with Crippen LogP contribution in [0.3, 0.4) is 0 Å². The number of halogens is 2. The molecule has 0 bridgehead atoms. The van der Waals surface area contributed by atoms with Crippen molar-refractivity contribution in [3.8, 4) is 0 Å². The van der Waals surface area contributed by atoms with Crippen molar-refractivity contribution < 1.29 is 0 Å². The molecule has 0 amide bonds. The van der Waals surface area contributed by atoms with E-state index in [1.165, 1.54) is 11.1 Å². The zero-order valence-corrected chi connectivity index (χ0v) is 13.3. The molecule has 2 rings (SSSR count). The van der Waals surface area contributed by atoms with E-state index in [-0.39, 0.29) is 0 Å². The lowest BCUT2D eigenvalue weighted by Gasteiger charge is -1.99. The molecule has 0 aliphatic carbocycles. The van der Waals surface area contributed by atoms with Crippen molar-refractivity contribution in [2.45, 2.75) is 13.8 Å². The Bertz CT molecular complexity index is 513. The molecular weight excluding hydrogens is 356 g/mol. The predicted octanol–water partition coefficient (Wildman–Crippen LogP) is 6.24. The van der Waals surface area contributed by atoms with E-state index < -0.39 is 0 Å². The molecule has 0 unspecified atom stereocenters. The first-order valence-corrected chi connectivity index (χ1v) is 7.08. The van der Waals surface area contributed by atoms with Gasteiger partial charge >= 0.3 is 0 Å². The fraction of sp³-hybridized carbons (Fsp3) is 0.143. The van der Waals surface area contributed by atoms with E-state index in [4.69, 9.17) is 0 Å². The van der Waals surface area contributed by atoms with Crippen LogP contribution in [-0.4, -0.2) is 0 Å². The van der Waals surface area contributed by atoms with Crippen molar-refractivity contribution in [2.75, 3.05) is 0 Å². The summed E-state index contributed by atoms with van der Waals surface area (Å²) in [5, 5.41) is 8.51. The van der Waals surface area contributed by atoms with Crippen LogP contribution in [0.2, 0.25) is 0 Å². The van der Waals surface area contributed by atoms with E-state index in [9.17, 15) is 0 Å². The molecule has 0 radical (unpaired) electrons. The number of benzene rings is 2. The minimum atomic E-state index is 0.815. The van der Waals surface area contributed by atoms with Gasteiger partial charge in [0.1, 0.15) is 0 Å². The van der Waals surface area contributed by atoms with Gasteiger partial charge in [-0.3, -0.25) is 0 Å². The van der Waals surface area contributed by atoms with Crippen LogP contribution < -0.4 is 0 Å². The van der Waals surface area contributed by atoms with E-state index in [2.05, 4.69) is 62.0 Å². The Hall–Kier alpha value is -1.000. The maximum atomic E-state index is 4.26. The van der Waals surface area contributed by atoms with Gasteiger partial charge in [-0.1, -0.05) is 37.9 Å². The maximum Gasteiger partial charge on any atom is 0.0879 e. The molecular formula is C14H12Br2N2. The number of aryl methyl sites for hydroxylation is 2. The smallest absolute Gasteiger partial charge is 0.0879 e. The molecule has 92 valence electrons. The Labute approximate surface area is 123 Å². The molecule has 2 nitrogen and oxygen atoms in total. The van der Waals surface area contributed by atoms with Crippen molar-refractivity contribution in [1.82, 2.24) is 0 Å². The molecule has 18 heavy (non-hydrogen) atoms. The molecule has 0 saturated heterocycles. The molecule has 0 aromatic heterocycles. The summed E-state index contributed by atoms with van der Waals surface area (Å²) in [6.45, 7) is 4.11. The first kappa shape index (κ1) is 13.4. The highest BCUT2D eigenvalue weighted by Crippen LogP contribution is 2.27.